The maximum atomic E-state index is 5.35. The maximum Gasteiger partial charge on any atom is 0.172 e. The van der Waals surface area contributed by atoms with Crippen LogP contribution in [0, 0.1) is 6.92 Å². The minimum Gasteiger partial charge on any atom is -0.378 e. The number of aryl methyl sites for hydroxylation is 1. The van der Waals surface area contributed by atoms with Crippen LogP contribution < -0.4 is 0 Å². The second-order valence-corrected chi connectivity index (χ2v) is 3.35. The zero-order valence-corrected chi connectivity index (χ0v) is 7.53. The van der Waals surface area contributed by atoms with Gasteiger partial charge >= 0.3 is 0 Å². The summed E-state index contributed by atoms with van der Waals surface area (Å²) in [6.45, 7) is 6.16. The third-order valence-corrected chi connectivity index (χ3v) is 1.89. The van der Waals surface area contributed by atoms with E-state index >= 15 is 0 Å². The van der Waals surface area contributed by atoms with Gasteiger partial charge < -0.3 is 4.52 Å². The first kappa shape index (κ1) is 7.40. The fraction of sp³-hybridized carbons (Fsp3) is 0.444. The summed E-state index contributed by atoms with van der Waals surface area (Å²) in [5.74, 6) is 1.35. The molecule has 0 radical (unpaired) electrons. The Balaban J connectivity index is 2.57. The minimum atomic E-state index is 0.459. The molecule has 0 amide bonds. The zero-order chi connectivity index (χ0) is 8.72. The van der Waals surface area contributed by atoms with Gasteiger partial charge in [-0.1, -0.05) is 13.8 Å². The van der Waals surface area contributed by atoms with Crippen molar-refractivity contribution in [2.24, 2.45) is 0 Å². The number of nitrogens with zero attached hydrogens (tertiary/aromatic N) is 2. The molecular weight excluding hydrogens is 152 g/mol. The van der Waals surface area contributed by atoms with E-state index in [0.717, 1.165) is 17.1 Å². The van der Waals surface area contributed by atoms with Crippen molar-refractivity contribution in [3.8, 4) is 0 Å². The molecule has 0 unspecified atom stereocenters. The van der Waals surface area contributed by atoms with E-state index in [4.69, 9.17) is 4.52 Å². The Morgan fingerprint density at radius 2 is 2.25 bits per heavy atom. The van der Waals surface area contributed by atoms with Gasteiger partial charge in [0.2, 0.25) is 0 Å². The molecule has 3 heteroatoms. The van der Waals surface area contributed by atoms with Crippen molar-refractivity contribution in [3.05, 3.63) is 23.7 Å². The summed E-state index contributed by atoms with van der Waals surface area (Å²) in [6, 6.07) is 1.94. The lowest BCUT2D eigenvalue weighted by Crippen LogP contribution is -1.85. The Labute approximate surface area is 71.0 Å². The lowest BCUT2D eigenvalue weighted by molar-refractivity contribution is 0.357. The van der Waals surface area contributed by atoms with E-state index in [1.807, 2.05) is 19.2 Å². The molecule has 64 valence electrons. The molecule has 0 aromatic carbocycles. The van der Waals surface area contributed by atoms with Gasteiger partial charge in [-0.05, 0) is 12.8 Å². The van der Waals surface area contributed by atoms with Crippen LogP contribution in [0.1, 0.15) is 31.2 Å². The van der Waals surface area contributed by atoms with E-state index in [9.17, 15) is 0 Å². The summed E-state index contributed by atoms with van der Waals surface area (Å²) in [5.41, 5.74) is 1.98. The predicted octanol–water partition coefficient (Wildman–Crippen LogP) is 2.36. The average Bonchev–Trinajstić information content (AvgIpc) is 2.42. The fourth-order valence-corrected chi connectivity index (χ4v) is 1.21. The van der Waals surface area contributed by atoms with Gasteiger partial charge in [0.1, 0.15) is 5.76 Å². The molecule has 0 spiro atoms. The van der Waals surface area contributed by atoms with Crippen molar-refractivity contribution in [2.45, 2.75) is 26.7 Å². The predicted molar refractivity (Wildman–Crippen MR) is 46.3 cm³/mol. The molecule has 0 bridgehead atoms. The Morgan fingerprint density at radius 3 is 2.83 bits per heavy atom. The number of aromatic nitrogens is 2. The van der Waals surface area contributed by atoms with E-state index in [-0.39, 0.29) is 0 Å². The van der Waals surface area contributed by atoms with Gasteiger partial charge in [-0.25, -0.2) is 4.98 Å². The zero-order valence-electron chi connectivity index (χ0n) is 7.53. The first-order chi connectivity index (χ1) is 5.66. The fourth-order valence-electron chi connectivity index (χ4n) is 1.21. The molecule has 0 aliphatic carbocycles. The van der Waals surface area contributed by atoms with Crippen LogP contribution in [0.3, 0.4) is 0 Å². The van der Waals surface area contributed by atoms with Crippen molar-refractivity contribution in [1.82, 2.24) is 9.56 Å². The van der Waals surface area contributed by atoms with Gasteiger partial charge in [-0.15, -0.1) is 0 Å². The number of rotatable bonds is 1. The summed E-state index contributed by atoms with van der Waals surface area (Å²) in [5, 5.41) is 0. The highest BCUT2D eigenvalue weighted by atomic mass is 16.5. The highest BCUT2D eigenvalue weighted by Gasteiger charge is 2.07. The van der Waals surface area contributed by atoms with Crippen molar-refractivity contribution >= 4 is 5.65 Å². The minimum absolute atomic E-state index is 0.459. The average molecular weight is 164 g/mol. The standard InChI is InChI=1S/C9H12N2O/c1-6(2)8-5-11-9(10-8)4-7(3)12-11/h4-6H,1-3H3. The van der Waals surface area contributed by atoms with Gasteiger partial charge in [-0.2, -0.15) is 4.57 Å². The summed E-state index contributed by atoms with van der Waals surface area (Å²) in [6.07, 6.45) is 1.94. The second kappa shape index (κ2) is 2.37. The first-order valence-electron chi connectivity index (χ1n) is 4.13. The van der Waals surface area contributed by atoms with E-state index in [2.05, 4.69) is 18.8 Å². The number of hydrogen-bond donors (Lipinski definition) is 0. The van der Waals surface area contributed by atoms with Crippen molar-refractivity contribution in [2.75, 3.05) is 0 Å². The van der Waals surface area contributed by atoms with Crippen LogP contribution >= 0.6 is 0 Å². The van der Waals surface area contributed by atoms with Crippen LogP contribution in [0.15, 0.2) is 16.8 Å². The molecule has 0 fully saturated rings. The molecule has 2 rings (SSSR count). The molecular formula is C9H12N2O. The Kier molecular flexibility index (Phi) is 1.46. The van der Waals surface area contributed by atoms with Gasteiger partial charge in [0.05, 0.1) is 11.9 Å². The van der Waals surface area contributed by atoms with E-state index in [1.54, 1.807) is 4.57 Å². The van der Waals surface area contributed by atoms with Gasteiger partial charge in [0.25, 0.3) is 0 Å². The Bertz CT molecular complexity index is 366. The topological polar surface area (TPSA) is 30.4 Å². The first-order valence-corrected chi connectivity index (χ1v) is 4.13. The van der Waals surface area contributed by atoms with Crippen LogP contribution in [0.5, 0.6) is 0 Å². The highest BCUT2D eigenvalue weighted by molar-refractivity contribution is 5.39. The quantitative estimate of drug-likeness (QED) is 0.647. The lowest BCUT2D eigenvalue weighted by Gasteiger charge is -1.94. The van der Waals surface area contributed by atoms with E-state index in [0.29, 0.717) is 5.92 Å². The highest BCUT2D eigenvalue weighted by Crippen LogP contribution is 2.15. The molecule has 0 saturated heterocycles. The number of fused-ring (bicyclic) bond motifs is 1. The monoisotopic (exact) mass is 164 g/mol. The molecule has 0 atom stereocenters. The third-order valence-electron chi connectivity index (χ3n) is 1.89. The van der Waals surface area contributed by atoms with Crippen LogP contribution in [0.25, 0.3) is 5.65 Å². The maximum absolute atomic E-state index is 5.35. The third kappa shape index (κ3) is 1.02. The molecule has 3 nitrogen and oxygen atoms in total. The summed E-state index contributed by atoms with van der Waals surface area (Å²) in [7, 11) is 0. The van der Waals surface area contributed by atoms with E-state index in [1.165, 1.54) is 0 Å². The number of imidazole rings is 1. The number of hydrogen-bond acceptors (Lipinski definition) is 2. The molecule has 0 N–H and O–H groups in total. The van der Waals surface area contributed by atoms with Gasteiger partial charge in [-0.3, -0.25) is 0 Å². The molecule has 2 heterocycles. The molecule has 2 aromatic heterocycles. The van der Waals surface area contributed by atoms with Crippen LogP contribution in [-0.2, 0) is 0 Å². The summed E-state index contributed by atoms with van der Waals surface area (Å²) < 4.78 is 7.07. The lowest BCUT2D eigenvalue weighted by atomic mass is 10.2. The second-order valence-electron chi connectivity index (χ2n) is 3.35. The van der Waals surface area contributed by atoms with E-state index < -0.39 is 0 Å². The SMILES string of the molecule is Cc1cc2nc(C(C)C)cn2o1. The molecule has 0 aliphatic rings. The summed E-state index contributed by atoms with van der Waals surface area (Å²) >= 11 is 0. The van der Waals surface area contributed by atoms with Crippen LogP contribution in [0.4, 0.5) is 0 Å². The van der Waals surface area contributed by atoms with Crippen molar-refractivity contribution in [1.29, 1.82) is 0 Å². The molecule has 2 aromatic rings. The summed E-state index contributed by atoms with van der Waals surface area (Å²) in [4.78, 5) is 4.40. The Morgan fingerprint density at radius 1 is 1.50 bits per heavy atom. The van der Waals surface area contributed by atoms with Crippen LogP contribution in [0.2, 0.25) is 0 Å². The molecule has 12 heavy (non-hydrogen) atoms. The van der Waals surface area contributed by atoms with Gasteiger partial charge in [0, 0.05) is 6.07 Å². The Hall–Kier alpha value is -1.25. The smallest absolute Gasteiger partial charge is 0.172 e. The molecule has 0 saturated carbocycles. The normalized spacial score (nSPS) is 11.7. The van der Waals surface area contributed by atoms with Crippen molar-refractivity contribution < 1.29 is 4.52 Å². The largest absolute Gasteiger partial charge is 0.378 e. The molecule has 0 aliphatic heterocycles. The van der Waals surface area contributed by atoms with Crippen molar-refractivity contribution in [3.63, 3.8) is 0 Å². The van der Waals surface area contributed by atoms with Crippen LogP contribution in [-0.4, -0.2) is 9.56 Å². The van der Waals surface area contributed by atoms with Gasteiger partial charge in [0.15, 0.2) is 5.65 Å².